The van der Waals surface area contributed by atoms with Crippen molar-refractivity contribution in [1.82, 2.24) is 20.1 Å². The molecule has 1 saturated heterocycles. The minimum Gasteiger partial charge on any atom is -0.352 e. The van der Waals surface area contributed by atoms with Crippen LogP contribution in [0.4, 0.5) is 0 Å². The van der Waals surface area contributed by atoms with Gasteiger partial charge >= 0.3 is 0 Å². The topological polar surface area (TPSA) is 61.7 Å². The standard InChI is InChI=1S/C20H25Cl2N5O.HI/c1-23-20(25-12-16-10-17(21)19(22)26(16)2)24-11-14-5-3-6-15(9-14)13-27-8-4-7-18(27)28;/h3,5-6,9-10H,4,7-8,11-13H2,1-2H3,(H2,23,24,25);1H. The minimum absolute atomic E-state index is 0. The molecule has 6 nitrogen and oxygen atoms in total. The molecule has 1 fully saturated rings. The van der Waals surface area contributed by atoms with Crippen LogP contribution in [-0.4, -0.2) is 34.9 Å². The van der Waals surface area contributed by atoms with Gasteiger partial charge in [0.1, 0.15) is 5.15 Å². The van der Waals surface area contributed by atoms with Gasteiger partial charge in [0.25, 0.3) is 0 Å². The van der Waals surface area contributed by atoms with Crippen LogP contribution in [0.3, 0.4) is 0 Å². The normalized spacial score (nSPS) is 14.1. The molecule has 1 aromatic carbocycles. The number of hydrogen-bond acceptors (Lipinski definition) is 2. The minimum atomic E-state index is 0. The lowest BCUT2D eigenvalue weighted by Gasteiger charge is -2.16. The predicted molar refractivity (Wildman–Crippen MR) is 129 cm³/mol. The molecule has 158 valence electrons. The van der Waals surface area contributed by atoms with Crippen molar-refractivity contribution in [3.8, 4) is 0 Å². The largest absolute Gasteiger partial charge is 0.352 e. The van der Waals surface area contributed by atoms with Gasteiger partial charge in [-0.25, -0.2) is 0 Å². The Morgan fingerprint density at radius 2 is 1.90 bits per heavy atom. The highest BCUT2D eigenvalue weighted by molar-refractivity contribution is 14.0. The monoisotopic (exact) mass is 549 g/mol. The number of amides is 1. The summed E-state index contributed by atoms with van der Waals surface area (Å²) < 4.78 is 1.84. The highest BCUT2D eigenvalue weighted by Crippen LogP contribution is 2.24. The zero-order chi connectivity index (χ0) is 20.1. The molecule has 0 atom stereocenters. The first-order valence-electron chi connectivity index (χ1n) is 9.27. The van der Waals surface area contributed by atoms with E-state index in [0.29, 0.717) is 42.2 Å². The smallest absolute Gasteiger partial charge is 0.222 e. The Hall–Kier alpha value is -1.45. The van der Waals surface area contributed by atoms with E-state index in [-0.39, 0.29) is 29.9 Å². The number of guanidine groups is 1. The summed E-state index contributed by atoms with van der Waals surface area (Å²) in [6.45, 7) is 2.72. The van der Waals surface area contributed by atoms with Gasteiger partial charge in [0.15, 0.2) is 5.96 Å². The Morgan fingerprint density at radius 1 is 1.17 bits per heavy atom. The zero-order valence-electron chi connectivity index (χ0n) is 16.5. The van der Waals surface area contributed by atoms with Crippen molar-refractivity contribution >= 4 is 59.0 Å². The van der Waals surface area contributed by atoms with E-state index in [1.54, 1.807) is 7.05 Å². The molecule has 0 unspecified atom stereocenters. The van der Waals surface area contributed by atoms with E-state index in [1.165, 1.54) is 0 Å². The van der Waals surface area contributed by atoms with E-state index in [9.17, 15) is 4.79 Å². The molecule has 29 heavy (non-hydrogen) atoms. The third-order valence-electron chi connectivity index (χ3n) is 4.87. The van der Waals surface area contributed by atoms with E-state index in [1.807, 2.05) is 28.6 Å². The molecule has 0 spiro atoms. The Labute approximate surface area is 198 Å². The maximum atomic E-state index is 11.8. The number of halogens is 3. The van der Waals surface area contributed by atoms with E-state index >= 15 is 0 Å². The summed E-state index contributed by atoms with van der Waals surface area (Å²) >= 11 is 12.2. The quantitative estimate of drug-likeness (QED) is 0.326. The fourth-order valence-corrected chi connectivity index (χ4v) is 3.68. The Kier molecular flexibility index (Phi) is 9.10. The Bertz CT molecular complexity index is 884. The molecule has 0 aliphatic carbocycles. The van der Waals surface area contributed by atoms with Crippen LogP contribution in [0.25, 0.3) is 0 Å². The third kappa shape index (κ3) is 6.26. The molecule has 1 amide bonds. The SMILES string of the molecule is CN=C(NCc1cccc(CN2CCCC2=O)c1)NCc1cc(Cl)c(Cl)n1C.I. The highest BCUT2D eigenvalue weighted by atomic mass is 127. The molecule has 1 aromatic heterocycles. The van der Waals surface area contributed by atoms with Crippen molar-refractivity contribution in [2.75, 3.05) is 13.6 Å². The molecule has 1 aliphatic heterocycles. The summed E-state index contributed by atoms with van der Waals surface area (Å²) in [4.78, 5) is 18.0. The molecule has 2 heterocycles. The van der Waals surface area contributed by atoms with E-state index in [0.717, 1.165) is 29.8 Å². The number of carbonyl (C=O) groups is 1. The molecule has 1 aliphatic rings. The average molecular weight is 550 g/mol. The molecule has 9 heteroatoms. The first kappa shape index (κ1) is 23.8. The number of benzene rings is 1. The molecule has 0 radical (unpaired) electrons. The lowest BCUT2D eigenvalue weighted by atomic mass is 10.1. The fraction of sp³-hybridized carbons (Fsp3) is 0.400. The Morgan fingerprint density at radius 3 is 2.52 bits per heavy atom. The van der Waals surface area contributed by atoms with Gasteiger partial charge in [-0.2, -0.15) is 0 Å². The van der Waals surface area contributed by atoms with Crippen molar-refractivity contribution in [1.29, 1.82) is 0 Å². The van der Waals surface area contributed by atoms with E-state index in [4.69, 9.17) is 23.2 Å². The first-order chi connectivity index (χ1) is 13.5. The maximum Gasteiger partial charge on any atom is 0.222 e. The van der Waals surface area contributed by atoms with Crippen LogP contribution in [0.2, 0.25) is 10.2 Å². The van der Waals surface area contributed by atoms with Gasteiger partial charge in [-0.15, -0.1) is 24.0 Å². The van der Waals surface area contributed by atoms with Crippen molar-refractivity contribution in [2.45, 2.75) is 32.5 Å². The number of carbonyl (C=O) groups excluding carboxylic acids is 1. The first-order valence-corrected chi connectivity index (χ1v) is 10.0. The fourth-order valence-electron chi connectivity index (χ4n) is 3.27. The van der Waals surface area contributed by atoms with Gasteiger partial charge in [0.2, 0.25) is 5.91 Å². The number of aliphatic imine (C=N–C) groups is 1. The van der Waals surface area contributed by atoms with Crippen LogP contribution in [-0.2, 0) is 31.5 Å². The Balaban J connectivity index is 0.00000300. The van der Waals surface area contributed by atoms with Gasteiger partial charge in [0, 0.05) is 45.8 Å². The molecule has 0 saturated carbocycles. The van der Waals surface area contributed by atoms with Gasteiger partial charge in [-0.1, -0.05) is 47.5 Å². The molecular formula is C20H26Cl2IN5O. The third-order valence-corrected chi connectivity index (χ3v) is 5.71. The highest BCUT2D eigenvalue weighted by Gasteiger charge is 2.19. The average Bonchev–Trinajstić information content (AvgIpc) is 3.20. The van der Waals surface area contributed by atoms with Crippen LogP contribution >= 0.6 is 47.2 Å². The van der Waals surface area contributed by atoms with Crippen LogP contribution in [0, 0.1) is 0 Å². The number of likely N-dealkylation sites (tertiary alicyclic amines) is 1. The molecule has 2 aromatic rings. The van der Waals surface area contributed by atoms with Gasteiger partial charge in [0.05, 0.1) is 11.6 Å². The number of nitrogens with zero attached hydrogens (tertiary/aromatic N) is 3. The number of aromatic nitrogens is 1. The zero-order valence-corrected chi connectivity index (χ0v) is 20.4. The molecule has 3 rings (SSSR count). The second-order valence-electron chi connectivity index (χ2n) is 6.85. The van der Waals surface area contributed by atoms with Crippen LogP contribution in [0.5, 0.6) is 0 Å². The van der Waals surface area contributed by atoms with Crippen LogP contribution in [0.1, 0.15) is 29.7 Å². The van der Waals surface area contributed by atoms with Crippen molar-refractivity contribution in [3.05, 3.63) is 57.3 Å². The van der Waals surface area contributed by atoms with Crippen LogP contribution < -0.4 is 10.6 Å². The second-order valence-corrected chi connectivity index (χ2v) is 7.62. The summed E-state index contributed by atoms with van der Waals surface area (Å²) in [5.41, 5.74) is 3.25. The molecule has 0 bridgehead atoms. The van der Waals surface area contributed by atoms with Gasteiger partial charge < -0.3 is 20.1 Å². The lowest BCUT2D eigenvalue weighted by Crippen LogP contribution is -2.36. The van der Waals surface area contributed by atoms with Crippen molar-refractivity contribution in [3.63, 3.8) is 0 Å². The summed E-state index contributed by atoms with van der Waals surface area (Å²) in [5, 5.41) is 7.64. The van der Waals surface area contributed by atoms with E-state index < -0.39 is 0 Å². The van der Waals surface area contributed by atoms with Gasteiger partial charge in [-0.05, 0) is 23.6 Å². The molecular weight excluding hydrogens is 524 g/mol. The second kappa shape index (κ2) is 11.1. The van der Waals surface area contributed by atoms with E-state index in [2.05, 4.69) is 33.8 Å². The summed E-state index contributed by atoms with van der Waals surface area (Å²) in [7, 11) is 3.60. The summed E-state index contributed by atoms with van der Waals surface area (Å²) in [6, 6.07) is 10.1. The van der Waals surface area contributed by atoms with Crippen molar-refractivity contribution < 1.29 is 4.79 Å². The summed E-state index contributed by atoms with van der Waals surface area (Å²) in [5.74, 6) is 0.933. The molecule has 2 N–H and O–H groups in total. The number of rotatable bonds is 6. The van der Waals surface area contributed by atoms with Gasteiger partial charge in [-0.3, -0.25) is 9.79 Å². The number of nitrogens with one attached hydrogen (secondary N) is 2. The predicted octanol–water partition coefficient (Wildman–Crippen LogP) is 3.94. The van der Waals surface area contributed by atoms with Crippen LogP contribution in [0.15, 0.2) is 35.3 Å². The summed E-state index contributed by atoms with van der Waals surface area (Å²) in [6.07, 6.45) is 1.63. The maximum absolute atomic E-state index is 11.8. The number of hydrogen-bond donors (Lipinski definition) is 2. The van der Waals surface area contributed by atoms with Crippen molar-refractivity contribution in [2.24, 2.45) is 12.0 Å². The lowest BCUT2D eigenvalue weighted by molar-refractivity contribution is -0.128.